The van der Waals surface area contributed by atoms with Crippen LogP contribution in [-0.2, 0) is 16.2 Å². The third-order valence-corrected chi connectivity index (χ3v) is 6.10. The van der Waals surface area contributed by atoms with Gasteiger partial charge >= 0.3 is 12.1 Å². The van der Waals surface area contributed by atoms with Crippen LogP contribution in [0.4, 0.5) is 13.2 Å². The number of rotatable bonds is 4. The van der Waals surface area contributed by atoms with E-state index in [4.69, 9.17) is 4.74 Å². The number of piperidine rings is 1. The summed E-state index contributed by atoms with van der Waals surface area (Å²) < 4.78 is 73.9. The van der Waals surface area contributed by atoms with E-state index in [9.17, 15) is 21.6 Å². The van der Waals surface area contributed by atoms with Crippen molar-refractivity contribution in [2.75, 3.05) is 20.2 Å². The fourth-order valence-electron chi connectivity index (χ4n) is 2.75. The molecule has 1 aliphatic heterocycles. The predicted octanol–water partition coefficient (Wildman–Crippen LogP) is 2.67. The Balaban J connectivity index is 1.68. The molecule has 0 radical (unpaired) electrons. The molecule has 7 nitrogen and oxygen atoms in total. The summed E-state index contributed by atoms with van der Waals surface area (Å²) >= 11 is 0. The smallest absolute Gasteiger partial charge is 0.470 e. The minimum absolute atomic E-state index is 0.112. The first-order valence-corrected chi connectivity index (χ1v) is 9.20. The average Bonchev–Trinajstić information content (AvgIpc) is 3.12. The molecule has 0 atom stereocenters. The van der Waals surface area contributed by atoms with Crippen LogP contribution in [-0.4, -0.2) is 43.1 Å². The monoisotopic (exact) mass is 391 g/mol. The van der Waals surface area contributed by atoms with Crippen molar-refractivity contribution in [1.82, 2.24) is 14.5 Å². The van der Waals surface area contributed by atoms with Crippen molar-refractivity contribution in [2.45, 2.75) is 29.8 Å². The van der Waals surface area contributed by atoms with Gasteiger partial charge in [-0.05, 0) is 37.1 Å². The van der Waals surface area contributed by atoms with Crippen LogP contribution in [0, 0.1) is 0 Å². The molecule has 0 bridgehead atoms. The van der Waals surface area contributed by atoms with Gasteiger partial charge in [0.2, 0.25) is 15.9 Å². The Bertz CT molecular complexity index is 857. The van der Waals surface area contributed by atoms with Gasteiger partial charge < -0.3 is 9.15 Å². The largest absolute Gasteiger partial charge is 0.497 e. The topological polar surface area (TPSA) is 85.5 Å². The van der Waals surface area contributed by atoms with E-state index in [0.29, 0.717) is 18.6 Å². The van der Waals surface area contributed by atoms with Crippen molar-refractivity contribution in [3.05, 3.63) is 36.0 Å². The van der Waals surface area contributed by atoms with E-state index in [0.717, 1.165) is 0 Å². The molecule has 2 heterocycles. The van der Waals surface area contributed by atoms with Gasteiger partial charge in [-0.3, -0.25) is 0 Å². The van der Waals surface area contributed by atoms with Crippen LogP contribution in [0.25, 0.3) is 0 Å². The molecule has 0 aliphatic carbocycles. The molecular formula is C15H16F3N3O4S. The zero-order valence-electron chi connectivity index (χ0n) is 13.7. The van der Waals surface area contributed by atoms with Crippen molar-refractivity contribution < 1.29 is 30.7 Å². The van der Waals surface area contributed by atoms with Gasteiger partial charge in [0, 0.05) is 19.0 Å². The summed E-state index contributed by atoms with van der Waals surface area (Å²) in [5, 5.41) is 6.46. The van der Waals surface area contributed by atoms with Gasteiger partial charge in [0.05, 0.1) is 12.0 Å². The van der Waals surface area contributed by atoms with Gasteiger partial charge in [0.15, 0.2) is 0 Å². The maximum Gasteiger partial charge on any atom is 0.470 e. The summed E-state index contributed by atoms with van der Waals surface area (Å²) in [6, 6.07) is 6.01. The minimum Gasteiger partial charge on any atom is -0.497 e. The quantitative estimate of drug-likeness (QED) is 0.797. The lowest BCUT2D eigenvalue weighted by Crippen LogP contribution is -2.37. The summed E-state index contributed by atoms with van der Waals surface area (Å²) in [6.07, 6.45) is -4.09. The van der Waals surface area contributed by atoms with Gasteiger partial charge in [-0.2, -0.15) is 17.5 Å². The number of aromatic nitrogens is 2. The SMILES string of the molecule is COc1ccc(S(=O)(=O)N2CCC(c3nnc(C(F)(F)F)o3)CC2)cc1. The molecule has 0 amide bonds. The Morgan fingerprint density at radius 1 is 1.15 bits per heavy atom. The molecule has 1 aromatic heterocycles. The zero-order valence-corrected chi connectivity index (χ0v) is 14.5. The van der Waals surface area contributed by atoms with Crippen LogP contribution in [0.15, 0.2) is 33.6 Å². The maximum absolute atomic E-state index is 12.7. The molecule has 1 aliphatic rings. The van der Waals surface area contributed by atoms with Crippen LogP contribution >= 0.6 is 0 Å². The molecule has 11 heteroatoms. The third kappa shape index (κ3) is 3.68. The van der Waals surface area contributed by atoms with Crippen molar-refractivity contribution in [2.24, 2.45) is 0 Å². The molecule has 2 aromatic rings. The number of sulfonamides is 1. The number of nitrogens with zero attached hydrogens (tertiary/aromatic N) is 3. The number of halogens is 3. The molecule has 0 spiro atoms. The van der Waals surface area contributed by atoms with Gasteiger partial charge in [0.25, 0.3) is 0 Å². The standard InChI is InChI=1S/C15H16F3N3O4S/c1-24-11-2-4-12(5-3-11)26(22,23)21-8-6-10(7-9-21)13-19-20-14(25-13)15(16,17)18/h2-5,10H,6-9H2,1H3. The van der Waals surface area contributed by atoms with Crippen LogP contribution < -0.4 is 4.74 Å². The molecule has 1 saturated heterocycles. The highest BCUT2D eigenvalue weighted by atomic mass is 32.2. The maximum atomic E-state index is 12.7. The van der Waals surface area contributed by atoms with Gasteiger partial charge in [-0.25, -0.2) is 8.42 Å². The lowest BCUT2D eigenvalue weighted by Gasteiger charge is -2.29. The first kappa shape index (κ1) is 18.6. The molecular weight excluding hydrogens is 375 g/mol. The van der Waals surface area contributed by atoms with Crippen molar-refractivity contribution in [3.8, 4) is 5.75 Å². The predicted molar refractivity (Wildman–Crippen MR) is 83.0 cm³/mol. The second kappa shape index (κ2) is 6.88. The highest BCUT2D eigenvalue weighted by Gasteiger charge is 2.39. The second-order valence-electron chi connectivity index (χ2n) is 5.80. The van der Waals surface area contributed by atoms with E-state index in [1.54, 1.807) is 12.1 Å². The number of methoxy groups -OCH3 is 1. The Morgan fingerprint density at radius 3 is 2.27 bits per heavy atom. The molecule has 26 heavy (non-hydrogen) atoms. The van der Waals surface area contributed by atoms with E-state index in [1.807, 2.05) is 0 Å². The van der Waals surface area contributed by atoms with E-state index in [-0.39, 0.29) is 23.9 Å². The normalized spacial score (nSPS) is 17.4. The third-order valence-electron chi connectivity index (χ3n) is 4.18. The number of hydrogen-bond donors (Lipinski definition) is 0. The first-order chi connectivity index (χ1) is 12.2. The van der Waals surface area contributed by atoms with E-state index in [2.05, 4.69) is 14.6 Å². The van der Waals surface area contributed by atoms with Crippen LogP contribution in [0.3, 0.4) is 0 Å². The summed E-state index contributed by atoms with van der Waals surface area (Å²) in [5.74, 6) is -1.36. The fourth-order valence-corrected chi connectivity index (χ4v) is 4.22. The lowest BCUT2D eigenvalue weighted by molar-refractivity contribution is -0.157. The van der Waals surface area contributed by atoms with Crippen molar-refractivity contribution in [3.63, 3.8) is 0 Å². The molecule has 0 saturated carbocycles. The molecule has 0 unspecified atom stereocenters. The number of hydrogen-bond acceptors (Lipinski definition) is 6. The van der Waals surface area contributed by atoms with E-state index >= 15 is 0 Å². The first-order valence-electron chi connectivity index (χ1n) is 7.76. The second-order valence-corrected chi connectivity index (χ2v) is 7.74. The van der Waals surface area contributed by atoms with E-state index < -0.39 is 28.0 Å². The Morgan fingerprint density at radius 2 is 1.77 bits per heavy atom. The van der Waals surface area contributed by atoms with Crippen molar-refractivity contribution >= 4 is 10.0 Å². The fraction of sp³-hybridized carbons (Fsp3) is 0.467. The molecule has 1 aromatic carbocycles. The highest BCUT2D eigenvalue weighted by Crippen LogP contribution is 2.33. The molecule has 3 rings (SSSR count). The lowest BCUT2D eigenvalue weighted by atomic mass is 9.98. The summed E-state index contributed by atoms with van der Waals surface area (Å²) in [7, 11) is -2.20. The van der Waals surface area contributed by atoms with E-state index in [1.165, 1.54) is 23.5 Å². The summed E-state index contributed by atoms with van der Waals surface area (Å²) in [4.78, 5) is 0.133. The molecule has 142 valence electrons. The summed E-state index contributed by atoms with van der Waals surface area (Å²) in [5.41, 5.74) is 0. The van der Waals surface area contributed by atoms with Gasteiger partial charge in [-0.15, -0.1) is 10.2 Å². The minimum atomic E-state index is -4.69. The number of ether oxygens (including phenoxy) is 1. The van der Waals surface area contributed by atoms with Gasteiger partial charge in [0.1, 0.15) is 5.75 Å². The Labute approximate surface area is 147 Å². The van der Waals surface area contributed by atoms with Gasteiger partial charge in [-0.1, -0.05) is 0 Å². The molecule has 0 N–H and O–H groups in total. The highest BCUT2D eigenvalue weighted by molar-refractivity contribution is 7.89. The van der Waals surface area contributed by atoms with Crippen LogP contribution in [0.2, 0.25) is 0 Å². The number of alkyl halides is 3. The Kier molecular flexibility index (Phi) is 4.93. The Hall–Kier alpha value is -2.14. The average molecular weight is 391 g/mol. The number of benzene rings is 1. The van der Waals surface area contributed by atoms with Crippen LogP contribution in [0.1, 0.15) is 30.5 Å². The van der Waals surface area contributed by atoms with Crippen LogP contribution in [0.5, 0.6) is 5.75 Å². The molecule has 1 fully saturated rings. The zero-order chi connectivity index (χ0) is 18.9. The summed E-state index contributed by atoms with van der Waals surface area (Å²) in [6.45, 7) is 0.311. The van der Waals surface area contributed by atoms with Crippen molar-refractivity contribution in [1.29, 1.82) is 0 Å².